The normalized spacial score (nSPS) is 11.4. The zero-order chi connectivity index (χ0) is 21.3. The second kappa shape index (κ2) is 7.28. The van der Waals surface area contributed by atoms with Gasteiger partial charge in [-0.3, -0.25) is 5.10 Å². The molecule has 1 aromatic carbocycles. The summed E-state index contributed by atoms with van der Waals surface area (Å²) < 4.78 is 40.3. The summed E-state index contributed by atoms with van der Waals surface area (Å²) in [5, 5.41) is 26.9. The molecule has 150 valence electrons. The minimum atomic E-state index is -4.66. The number of nitriles is 1. The predicted octanol–water partition coefficient (Wildman–Crippen LogP) is 2.89. The van der Waals surface area contributed by atoms with E-state index in [2.05, 4.69) is 35.7 Å². The average molecular weight is 411 g/mol. The van der Waals surface area contributed by atoms with Gasteiger partial charge in [-0.1, -0.05) is 6.07 Å². The Hall–Kier alpha value is -4.27. The molecule has 12 heteroatoms. The smallest absolute Gasteiger partial charge is 0.384 e. The number of benzene rings is 1. The first kappa shape index (κ1) is 19.1. The lowest BCUT2D eigenvalue weighted by Gasteiger charge is -2.13. The zero-order valence-electron chi connectivity index (χ0n) is 15.1. The molecule has 4 N–H and O–H groups in total. The molecule has 0 fully saturated rings. The highest BCUT2D eigenvalue weighted by Crippen LogP contribution is 2.37. The van der Waals surface area contributed by atoms with Crippen LogP contribution >= 0.6 is 0 Å². The van der Waals surface area contributed by atoms with Crippen molar-refractivity contribution in [2.45, 2.75) is 12.7 Å². The van der Waals surface area contributed by atoms with Gasteiger partial charge in [-0.15, -0.1) is 5.10 Å². The van der Waals surface area contributed by atoms with Crippen LogP contribution in [0, 0.1) is 11.3 Å². The van der Waals surface area contributed by atoms with Crippen LogP contribution in [0.15, 0.2) is 36.5 Å². The molecule has 0 unspecified atom stereocenters. The zero-order valence-corrected chi connectivity index (χ0v) is 15.1. The molecule has 4 rings (SSSR count). The van der Waals surface area contributed by atoms with E-state index in [-0.39, 0.29) is 29.3 Å². The molecule has 30 heavy (non-hydrogen) atoms. The Morgan fingerprint density at radius 2 is 2.00 bits per heavy atom. The maximum absolute atomic E-state index is 13.4. The summed E-state index contributed by atoms with van der Waals surface area (Å²) in [6.45, 7) is 0.201. The van der Waals surface area contributed by atoms with Gasteiger partial charge in [0.25, 0.3) is 0 Å². The number of halogens is 3. The SMILES string of the molecule is N#Cc1ccc(-c2cnnc(NCc3[nH]nc4nc(N)ccc34)n2)c(C(F)(F)F)c1. The fourth-order valence-corrected chi connectivity index (χ4v) is 2.85. The van der Waals surface area contributed by atoms with Crippen LogP contribution in [0.3, 0.4) is 0 Å². The third-order valence-electron chi connectivity index (χ3n) is 4.23. The summed E-state index contributed by atoms with van der Waals surface area (Å²) in [7, 11) is 0. The molecule has 3 aromatic heterocycles. The van der Waals surface area contributed by atoms with Gasteiger partial charge in [0.05, 0.1) is 41.3 Å². The molecule has 0 atom stereocenters. The topological polar surface area (TPSA) is 142 Å². The predicted molar refractivity (Wildman–Crippen MR) is 101 cm³/mol. The molecule has 0 bridgehead atoms. The molecule has 0 saturated heterocycles. The number of nitrogens with two attached hydrogens (primary N) is 1. The maximum atomic E-state index is 13.4. The minimum Gasteiger partial charge on any atom is -0.384 e. The van der Waals surface area contributed by atoms with Gasteiger partial charge in [-0.25, -0.2) is 9.97 Å². The van der Waals surface area contributed by atoms with Gasteiger partial charge in [0, 0.05) is 10.9 Å². The minimum absolute atomic E-state index is 0.0242. The summed E-state index contributed by atoms with van der Waals surface area (Å²) in [6, 6.07) is 8.33. The second-order valence-electron chi connectivity index (χ2n) is 6.20. The van der Waals surface area contributed by atoms with Crippen LogP contribution in [0.5, 0.6) is 0 Å². The van der Waals surface area contributed by atoms with Crippen molar-refractivity contribution in [1.82, 2.24) is 30.4 Å². The van der Waals surface area contributed by atoms with Gasteiger partial charge in [0.2, 0.25) is 5.95 Å². The number of hydrogen-bond acceptors (Lipinski definition) is 8. The molecular formula is C18H12F3N9. The van der Waals surface area contributed by atoms with E-state index in [1.807, 2.05) is 0 Å². The quantitative estimate of drug-likeness (QED) is 0.465. The second-order valence-corrected chi connectivity index (χ2v) is 6.20. The van der Waals surface area contributed by atoms with Crippen molar-refractivity contribution in [3.05, 3.63) is 53.3 Å². The lowest BCUT2D eigenvalue weighted by atomic mass is 10.0. The van der Waals surface area contributed by atoms with Crippen LogP contribution in [-0.2, 0) is 12.7 Å². The number of hydrogen-bond donors (Lipinski definition) is 3. The number of aromatic amines is 1. The number of nitrogens with zero attached hydrogens (tertiary/aromatic N) is 6. The van der Waals surface area contributed by atoms with Gasteiger partial charge in [0.1, 0.15) is 5.82 Å². The third kappa shape index (κ3) is 3.68. The van der Waals surface area contributed by atoms with Gasteiger partial charge in [-0.05, 0) is 24.3 Å². The van der Waals surface area contributed by atoms with Gasteiger partial charge >= 0.3 is 6.18 Å². The maximum Gasteiger partial charge on any atom is 0.417 e. The van der Waals surface area contributed by atoms with E-state index in [0.29, 0.717) is 17.2 Å². The molecule has 0 aliphatic carbocycles. The molecule has 3 heterocycles. The van der Waals surface area contributed by atoms with Crippen molar-refractivity contribution in [3.8, 4) is 17.3 Å². The number of alkyl halides is 3. The molecule has 0 spiro atoms. The van der Waals surface area contributed by atoms with Crippen molar-refractivity contribution in [1.29, 1.82) is 5.26 Å². The highest BCUT2D eigenvalue weighted by atomic mass is 19.4. The fourth-order valence-electron chi connectivity index (χ4n) is 2.85. The van der Waals surface area contributed by atoms with E-state index in [1.54, 1.807) is 18.2 Å². The van der Waals surface area contributed by atoms with Crippen molar-refractivity contribution < 1.29 is 13.2 Å². The van der Waals surface area contributed by atoms with E-state index in [0.717, 1.165) is 17.6 Å². The fraction of sp³-hybridized carbons (Fsp3) is 0.111. The summed E-state index contributed by atoms with van der Waals surface area (Å²) in [6.07, 6.45) is -3.54. The lowest BCUT2D eigenvalue weighted by molar-refractivity contribution is -0.137. The molecular weight excluding hydrogens is 399 g/mol. The molecule has 0 aliphatic heterocycles. The number of H-pyrrole nitrogens is 1. The van der Waals surface area contributed by atoms with E-state index < -0.39 is 11.7 Å². The molecule has 9 nitrogen and oxygen atoms in total. The number of rotatable bonds is 4. The summed E-state index contributed by atoms with van der Waals surface area (Å²) in [4.78, 5) is 8.22. The van der Waals surface area contributed by atoms with Crippen molar-refractivity contribution >= 4 is 22.8 Å². The Balaban J connectivity index is 1.63. The Labute approximate surface area is 166 Å². The van der Waals surface area contributed by atoms with E-state index in [4.69, 9.17) is 11.0 Å². The molecule has 0 aliphatic rings. The number of fused-ring (bicyclic) bond motifs is 1. The van der Waals surface area contributed by atoms with Crippen LogP contribution in [0.2, 0.25) is 0 Å². The Bertz CT molecular complexity index is 1270. The van der Waals surface area contributed by atoms with Crippen molar-refractivity contribution in [3.63, 3.8) is 0 Å². The number of aromatic nitrogens is 6. The van der Waals surface area contributed by atoms with E-state index >= 15 is 0 Å². The highest BCUT2D eigenvalue weighted by molar-refractivity contribution is 5.79. The lowest BCUT2D eigenvalue weighted by Crippen LogP contribution is -2.10. The van der Waals surface area contributed by atoms with Crippen molar-refractivity contribution in [2.24, 2.45) is 0 Å². The molecule has 4 aromatic rings. The number of nitrogens with one attached hydrogen (secondary N) is 2. The third-order valence-corrected chi connectivity index (χ3v) is 4.23. The molecule has 0 radical (unpaired) electrons. The van der Waals surface area contributed by atoms with Crippen LogP contribution in [0.25, 0.3) is 22.3 Å². The van der Waals surface area contributed by atoms with E-state index in [1.165, 1.54) is 12.1 Å². The standard InChI is InChI=1S/C18H12F3N9/c19-18(20,21)12-5-9(6-22)1-2-10(12)13-8-25-30-17(26-13)24-7-14-11-3-4-15(23)27-16(11)29-28-14/h1-5,8H,7H2,(H,24,26,30)(H3,23,27,28,29). The first-order valence-electron chi connectivity index (χ1n) is 8.50. The summed E-state index contributed by atoms with van der Waals surface area (Å²) in [5.41, 5.74) is 5.41. The first-order valence-corrected chi connectivity index (χ1v) is 8.50. The monoisotopic (exact) mass is 411 g/mol. The molecule has 0 saturated carbocycles. The van der Waals surface area contributed by atoms with Gasteiger partial charge < -0.3 is 11.1 Å². The van der Waals surface area contributed by atoms with E-state index in [9.17, 15) is 13.2 Å². The highest BCUT2D eigenvalue weighted by Gasteiger charge is 2.34. The first-order chi connectivity index (χ1) is 14.3. The number of anilines is 2. The van der Waals surface area contributed by atoms with Crippen LogP contribution < -0.4 is 11.1 Å². The number of nitrogen functional groups attached to an aromatic ring is 1. The summed E-state index contributed by atoms with van der Waals surface area (Å²) >= 11 is 0. The Morgan fingerprint density at radius 3 is 2.77 bits per heavy atom. The number of pyridine rings is 1. The Morgan fingerprint density at radius 1 is 1.17 bits per heavy atom. The Kier molecular flexibility index (Phi) is 4.63. The summed E-state index contributed by atoms with van der Waals surface area (Å²) in [5.74, 6) is 0.354. The van der Waals surface area contributed by atoms with Crippen LogP contribution in [-0.4, -0.2) is 30.4 Å². The van der Waals surface area contributed by atoms with Crippen LogP contribution in [0.4, 0.5) is 24.9 Å². The molecule has 0 amide bonds. The van der Waals surface area contributed by atoms with Crippen molar-refractivity contribution in [2.75, 3.05) is 11.1 Å². The average Bonchev–Trinajstić information content (AvgIpc) is 3.13. The van der Waals surface area contributed by atoms with Gasteiger partial charge in [0.15, 0.2) is 5.65 Å². The van der Waals surface area contributed by atoms with Gasteiger partial charge in [-0.2, -0.15) is 28.6 Å². The van der Waals surface area contributed by atoms with Crippen LogP contribution in [0.1, 0.15) is 16.8 Å². The largest absolute Gasteiger partial charge is 0.417 e.